The molecule has 4 heteroatoms. The van der Waals surface area contributed by atoms with Crippen LogP contribution in [0.15, 0.2) is 0 Å². The average molecular weight is 196 g/mol. The third kappa shape index (κ3) is 1.54. The molecule has 0 aliphatic carbocycles. The Morgan fingerprint density at radius 3 is 2.57 bits per heavy atom. The van der Waals surface area contributed by atoms with E-state index in [0.717, 1.165) is 13.0 Å². The number of hydrogen-bond acceptors (Lipinski definition) is 3. The number of nitrogens with one attached hydrogen (secondary N) is 1. The van der Waals surface area contributed by atoms with Gasteiger partial charge in [0, 0.05) is 19.0 Å². The van der Waals surface area contributed by atoms with Crippen LogP contribution in [0.2, 0.25) is 0 Å². The van der Waals surface area contributed by atoms with E-state index in [1.165, 1.54) is 0 Å². The van der Waals surface area contributed by atoms with Gasteiger partial charge in [-0.1, -0.05) is 0 Å². The number of imide groups is 1. The number of rotatable bonds is 1. The van der Waals surface area contributed by atoms with Gasteiger partial charge in [0.2, 0.25) is 11.8 Å². The Balaban J connectivity index is 2.03. The molecule has 0 spiro atoms. The van der Waals surface area contributed by atoms with Gasteiger partial charge in [-0.2, -0.15) is 0 Å². The van der Waals surface area contributed by atoms with Gasteiger partial charge < -0.3 is 4.90 Å². The molecule has 78 valence electrons. The molecule has 2 fully saturated rings. The van der Waals surface area contributed by atoms with E-state index in [2.05, 4.69) is 24.2 Å². The molecule has 2 amide bonds. The van der Waals surface area contributed by atoms with Crippen molar-refractivity contribution in [2.24, 2.45) is 11.8 Å². The molecule has 2 heterocycles. The first-order valence-electron chi connectivity index (χ1n) is 5.12. The van der Waals surface area contributed by atoms with Crippen LogP contribution in [0.25, 0.3) is 0 Å². The van der Waals surface area contributed by atoms with E-state index >= 15 is 0 Å². The number of carbonyl (C=O) groups is 2. The van der Waals surface area contributed by atoms with Gasteiger partial charge in [0.25, 0.3) is 0 Å². The van der Waals surface area contributed by atoms with E-state index in [0.29, 0.717) is 18.4 Å². The van der Waals surface area contributed by atoms with Gasteiger partial charge in [-0.3, -0.25) is 14.9 Å². The number of carbonyl (C=O) groups excluding carboxylic acids is 2. The Morgan fingerprint density at radius 2 is 2.14 bits per heavy atom. The summed E-state index contributed by atoms with van der Waals surface area (Å²) in [4.78, 5) is 24.7. The lowest BCUT2D eigenvalue weighted by Gasteiger charge is -2.14. The van der Waals surface area contributed by atoms with Crippen molar-refractivity contribution in [2.45, 2.75) is 25.8 Å². The molecular weight excluding hydrogens is 180 g/mol. The molecule has 0 saturated carbocycles. The molecule has 3 atom stereocenters. The van der Waals surface area contributed by atoms with Gasteiger partial charge in [-0.25, -0.2) is 0 Å². The summed E-state index contributed by atoms with van der Waals surface area (Å²) >= 11 is 0. The highest BCUT2D eigenvalue weighted by molar-refractivity contribution is 6.03. The second kappa shape index (κ2) is 3.35. The molecule has 1 N–H and O–H groups in total. The summed E-state index contributed by atoms with van der Waals surface area (Å²) in [6, 6.07) is 0.531. The number of likely N-dealkylation sites (tertiary alicyclic amines) is 1. The Morgan fingerprint density at radius 1 is 1.43 bits per heavy atom. The van der Waals surface area contributed by atoms with Gasteiger partial charge in [-0.05, 0) is 26.3 Å². The molecule has 4 nitrogen and oxygen atoms in total. The van der Waals surface area contributed by atoms with Crippen molar-refractivity contribution in [1.29, 1.82) is 0 Å². The standard InChI is InChI=1S/C10H16N2O2/c1-6-3-7(5-12(6)2)8-4-9(13)11-10(8)14/h6-8H,3-5H2,1-2H3,(H,11,13,14). The van der Waals surface area contributed by atoms with Gasteiger partial charge in [0.1, 0.15) is 0 Å². The molecule has 0 aromatic carbocycles. The molecule has 0 radical (unpaired) electrons. The van der Waals surface area contributed by atoms with Gasteiger partial charge >= 0.3 is 0 Å². The summed E-state index contributed by atoms with van der Waals surface area (Å²) < 4.78 is 0. The summed E-state index contributed by atoms with van der Waals surface area (Å²) in [5, 5.41) is 2.38. The summed E-state index contributed by atoms with van der Waals surface area (Å²) in [6.07, 6.45) is 1.42. The Labute approximate surface area is 83.6 Å². The summed E-state index contributed by atoms with van der Waals surface area (Å²) in [5.41, 5.74) is 0. The minimum atomic E-state index is -0.109. The highest BCUT2D eigenvalue weighted by Crippen LogP contribution is 2.31. The highest BCUT2D eigenvalue weighted by Gasteiger charge is 2.40. The third-order valence-electron chi connectivity index (χ3n) is 3.49. The molecule has 2 rings (SSSR count). The van der Waals surface area contributed by atoms with Crippen LogP contribution in [0.4, 0.5) is 0 Å². The molecule has 2 aliphatic rings. The fourth-order valence-electron chi connectivity index (χ4n) is 2.49. The van der Waals surface area contributed by atoms with Gasteiger partial charge in [0.05, 0.1) is 5.92 Å². The van der Waals surface area contributed by atoms with E-state index in [4.69, 9.17) is 0 Å². The van der Waals surface area contributed by atoms with Crippen LogP contribution in [0, 0.1) is 11.8 Å². The van der Waals surface area contributed by atoms with Gasteiger partial charge in [-0.15, -0.1) is 0 Å². The maximum Gasteiger partial charge on any atom is 0.230 e. The maximum atomic E-state index is 11.4. The minimum absolute atomic E-state index is 0.0671. The molecule has 0 bridgehead atoms. The summed E-state index contributed by atoms with van der Waals surface area (Å²) in [7, 11) is 2.07. The van der Waals surface area contributed by atoms with Crippen LogP contribution >= 0.6 is 0 Å². The molecule has 2 aliphatic heterocycles. The highest BCUT2D eigenvalue weighted by atomic mass is 16.2. The second-order valence-electron chi connectivity index (χ2n) is 4.51. The molecular formula is C10H16N2O2. The summed E-state index contributed by atoms with van der Waals surface area (Å²) in [6.45, 7) is 3.10. The van der Waals surface area contributed by atoms with Crippen LogP contribution in [0.5, 0.6) is 0 Å². The van der Waals surface area contributed by atoms with Crippen LogP contribution in [-0.2, 0) is 9.59 Å². The third-order valence-corrected chi connectivity index (χ3v) is 3.49. The van der Waals surface area contributed by atoms with Crippen molar-refractivity contribution in [2.75, 3.05) is 13.6 Å². The lowest BCUT2D eigenvalue weighted by Crippen LogP contribution is -2.27. The van der Waals surface area contributed by atoms with Crippen LogP contribution < -0.4 is 5.32 Å². The first-order chi connectivity index (χ1) is 6.58. The first-order valence-corrected chi connectivity index (χ1v) is 5.12. The lowest BCUT2D eigenvalue weighted by molar-refractivity contribution is -0.126. The number of amides is 2. The SMILES string of the molecule is CC1CC(C2CC(=O)NC2=O)CN1C. The maximum absolute atomic E-state index is 11.4. The fourth-order valence-corrected chi connectivity index (χ4v) is 2.49. The number of hydrogen-bond donors (Lipinski definition) is 1. The lowest BCUT2D eigenvalue weighted by atomic mass is 9.89. The molecule has 2 saturated heterocycles. The van der Waals surface area contributed by atoms with Crippen LogP contribution in [0.3, 0.4) is 0 Å². The van der Waals surface area contributed by atoms with Crippen LogP contribution in [-0.4, -0.2) is 36.3 Å². The Hall–Kier alpha value is -0.900. The van der Waals surface area contributed by atoms with Crippen molar-refractivity contribution >= 4 is 11.8 Å². The van der Waals surface area contributed by atoms with E-state index in [9.17, 15) is 9.59 Å². The largest absolute Gasteiger partial charge is 0.303 e. The van der Waals surface area contributed by atoms with E-state index in [1.807, 2.05) is 0 Å². The van der Waals surface area contributed by atoms with E-state index < -0.39 is 0 Å². The van der Waals surface area contributed by atoms with E-state index in [1.54, 1.807) is 0 Å². The van der Waals surface area contributed by atoms with Crippen LogP contribution in [0.1, 0.15) is 19.8 Å². The summed E-state index contributed by atoms with van der Waals surface area (Å²) in [5.74, 6) is 0.112. The fraction of sp³-hybridized carbons (Fsp3) is 0.800. The normalized spacial score (nSPS) is 39.1. The molecule has 0 aromatic rings. The topological polar surface area (TPSA) is 49.4 Å². The van der Waals surface area contributed by atoms with Crippen molar-refractivity contribution < 1.29 is 9.59 Å². The minimum Gasteiger partial charge on any atom is -0.303 e. The predicted octanol–water partition coefficient (Wildman–Crippen LogP) is -0.0107. The zero-order valence-electron chi connectivity index (χ0n) is 8.62. The number of nitrogens with zero attached hydrogens (tertiary/aromatic N) is 1. The quantitative estimate of drug-likeness (QED) is 0.600. The Bertz CT molecular complexity index is 267. The van der Waals surface area contributed by atoms with Crippen molar-refractivity contribution in [3.8, 4) is 0 Å². The smallest absolute Gasteiger partial charge is 0.230 e. The average Bonchev–Trinajstić information content (AvgIpc) is 2.57. The van der Waals surface area contributed by atoms with E-state index in [-0.39, 0.29) is 17.7 Å². The van der Waals surface area contributed by atoms with Gasteiger partial charge in [0.15, 0.2) is 0 Å². The van der Waals surface area contributed by atoms with Crippen molar-refractivity contribution in [1.82, 2.24) is 10.2 Å². The zero-order chi connectivity index (χ0) is 10.3. The Kier molecular flexibility index (Phi) is 2.31. The van der Waals surface area contributed by atoms with Crippen molar-refractivity contribution in [3.63, 3.8) is 0 Å². The monoisotopic (exact) mass is 196 g/mol. The molecule has 14 heavy (non-hydrogen) atoms. The molecule has 0 aromatic heterocycles. The van der Waals surface area contributed by atoms with Crippen molar-refractivity contribution in [3.05, 3.63) is 0 Å². The zero-order valence-corrected chi connectivity index (χ0v) is 8.62. The first kappa shape index (κ1) is 9.65. The molecule has 3 unspecified atom stereocenters. The second-order valence-corrected chi connectivity index (χ2v) is 4.51. The predicted molar refractivity (Wildman–Crippen MR) is 51.5 cm³/mol.